The van der Waals surface area contributed by atoms with Crippen LogP contribution in [-0.4, -0.2) is 43.6 Å². The van der Waals surface area contributed by atoms with Gasteiger partial charge in [-0.25, -0.2) is 4.79 Å². The van der Waals surface area contributed by atoms with Crippen LogP contribution in [0.25, 0.3) is 0 Å². The summed E-state index contributed by atoms with van der Waals surface area (Å²) in [6, 6.07) is 14.5. The van der Waals surface area contributed by atoms with Gasteiger partial charge >= 0.3 is 5.97 Å². The zero-order valence-corrected chi connectivity index (χ0v) is 14.8. The van der Waals surface area contributed by atoms with Crippen LogP contribution < -0.4 is 9.47 Å². The Bertz CT molecular complexity index is 790. The molecule has 2 aromatic carbocycles. The van der Waals surface area contributed by atoms with Gasteiger partial charge in [0.05, 0.1) is 12.7 Å². The van der Waals surface area contributed by atoms with Crippen LogP contribution >= 0.6 is 0 Å². The lowest BCUT2D eigenvalue weighted by Gasteiger charge is -2.15. The van der Waals surface area contributed by atoms with Gasteiger partial charge in [-0.2, -0.15) is 0 Å². The summed E-state index contributed by atoms with van der Waals surface area (Å²) in [5.74, 6) is 0.324. The fourth-order valence-electron chi connectivity index (χ4n) is 2.76. The number of carbonyl (C=O) groups is 2. The molecule has 1 heterocycles. The van der Waals surface area contributed by atoms with E-state index in [1.165, 1.54) is 7.11 Å². The van der Waals surface area contributed by atoms with Crippen LogP contribution in [0, 0.1) is 0 Å². The molecule has 0 unspecified atom stereocenters. The Morgan fingerprint density at radius 2 is 1.88 bits per heavy atom. The molecule has 26 heavy (non-hydrogen) atoms. The van der Waals surface area contributed by atoms with Gasteiger partial charge in [0.2, 0.25) is 0 Å². The summed E-state index contributed by atoms with van der Waals surface area (Å²) in [5, 5.41) is 0. The van der Waals surface area contributed by atoms with Gasteiger partial charge in [0.25, 0.3) is 5.91 Å². The summed E-state index contributed by atoms with van der Waals surface area (Å²) in [4.78, 5) is 25.6. The summed E-state index contributed by atoms with van der Waals surface area (Å²) >= 11 is 0. The van der Waals surface area contributed by atoms with Gasteiger partial charge in [-0.1, -0.05) is 30.3 Å². The molecular weight excluding hydrogens is 334 g/mol. The predicted molar refractivity (Wildman–Crippen MR) is 95.2 cm³/mol. The third-order valence-corrected chi connectivity index (χ3v) is 4.21. The number of methoxy groups -OCH3 is 1. The molecule has 0 aromatic heterocycles. The van der Waals surface area contributed by atoms with Gasteiger partial charge in [0.1, 0.15) is 18.1 Å². The first-order chi connectivity index (χ1) is 12.6. The van der Waals surface area contributed by atoms with E-state index in [2.05, 4.69) is 0 Å². The second-order valence-corrected chi connectivity index (χ2v) is 6.11. The first kappa shape index (κ1) is 17.8. The largest absolute Gasteiger partial charge is 0.489 e. The van der Waals surface area contributed by atoms with E-state index in [1.807, 2.05) is 30.3 Å². The Hall–Kier alpha value is -3.02. The molecule has 6 nitrogen and oxygen atoms in total. The number of ether oxygens (including phenoxy) is 3. The highest BCUT2D eigenvalue weighted by molar-refractivity contribution is 5.90. The minimum Gasteiger partial charge on any atom is -0.489 e. The predicted octanol–water partition coefficient (Wildman–Crippen LogP) is 2.66. The number of hydrogen-bond acceptors (Lipinski definition) is 5. The summed E-state index contributed by atoms with van der Waals surface area (Å²) in [6.07, 6.45) is 0.0627. The average molecular weight is 355 g/mol. The standard InChI is InChI=1S/C20H21NO5/c1-21-9-8-18(19(21)22)26-17-11-15(20(23)24-2)10-16(12-17)25-13-14-6-4-3-5-7-14/h3-7,10-12,18H,8-9,13H2,1-2H3/t18-/m1/s1. The van der Waals surface area contributed by atoms with Crippen molar-refractivity contribution in [2.45, 2.75) is 19.1 Å². The van der Waals surface area contributed by atoms with Crippen molar-refractivity contribution in [2.75, 3.05) is 20.7 Å². The number of nitrogens with zero attached hydrogens (tertiary/aromatic N) is 1. The zero-order valence-electron chi connectivity index (χ0n) is 14.8. The van der Waals surface area contributed by atoms with Crippen molar-refractivity contribution in [2.24, 2.45) is 0 Å². The average Bonchev–Trinajstić information content (AvgIpc) is 2.98. The molecule has 1 fully saturated rings. The molecule has 1 amide bonds. The Balaban J connectivity index is 1.79. The summed E-state index contributed by atoms with van der Waals surface area (Å²) in [6.45, 7) is 1.01. The third-order valence-electron chi connectivity index (χ3n) is 4.21. The Labute approximate surface area is 152 Å². The quantitative estimate of drug-likeness (QED) is 0.746. The van der Waals surface area contributed by atoms with Crippen molar-refractivity contribution in [1.82, 2.24) is 4.90 Å². The fraction of sp³-hybridized carbons (Fsp3) is 0.300. The van der Waals surface area contributed by atoms with Crippen LogP contribution in [0.3, 0.4) is 0 Å². The molecule has 1 saturated heterocycles. The van der Waals surface area contributed by atoms with Crippen LogP contribution in [0.5, 0.6) is 11.5 Å². The third kappa shape index (κ3) is 4.14. The molecule has 0 bridgehead atoms. The van der Waals surface area contributed by atoms with Crippen LogP contribution in [0.2, 0.25) is 0 Å². The maximum atomic E-state index is 12.1. The number of rotatable bonds is 6. The molecule has 0 radical (unpaired) electrons. The van der Waals surface area contributed by atoms with Crippen LogP contribution in [-0.2, 0) is 16.1 Å². The number of hydrogen-bond donors (Lipinski definition) is 0. The van der Waals surface area contributed by atoms with Crippen molar-refractivity contribution in [3.05, 3.63) is 59.7 Å². The molecule has 0 saturated carbocycles. The monoisotopic (exact) mass is 355 g/mol. The van der Waals surface area contributed by atoms with Gasteiger partial charge in [0.15, 0.2) is 6.10 Å². The smallest absolute Gasteiger partial charge is 0.338 e. The number of likely N-dealkylation sites (N-methyl/N-ethyl adjacent to an activating group) is 1. The maximum Gasteiger partial charge on any atom is 0.338 e. The van der Waals surface area contributed by atoms with Crippen molar-refractivity contribution in [1.29, 1.82) is 0 Å². The number of amides is 1. The van der Waals surface area contributed by atoms with E-state index in [-0.39, 0.29) is 5.91 Å². The van der Waals surface area contributed by atoms with E-state index in [1.54, 1.807) is 30.1 Å². The molecule has 136 valence electrons. The van der Waals surface area contributed by atoms with Crippen molar-refractivity contribution in [3.63, 3.8) is 0 Å². The van der Waals surface area contributed by atoms with Gasteiger partial charge in [-0.3, -0.25) is 4.79 Å². The van der Waals surface area contributed by atoms with Gasteiger partial charge in [0, 0.05) is 26.1 Å². The van der Waals surface area contributed by atoms with Gasteiger partial charge in [-0.05, 0) is 17.7 Å². The van der Waals surface area contributed by atoms with Crippen molar-refractivity contribution in [3.8, 4) is 11.5 Å². The fourth-order valence-corrected chi connectivity index (χ4v) is 2.76. The molecule has 1 atom stereocenters. The highest BCUT2D eigenvalue weighted by atomic mass is 16.5. The molecule has 1 aliphatic heterocycles. The highest BCUT2D eigenvalue weighted by Gasteiger charge is 2.31. The lowest BCUT2D eigenvalue weighted by atomic mass is 10.2. The number of likely N-dealkylation sites (tertiary alicyclic amines) is 1. The normalized spacial score (nSPS) is 16.5. The summed E-state index contributed by atoms with van der Waals surface area (Å²) < 4.78 is 16.4. The molecule has 0 spiro atoms. The molecule has 0 aliphatic carbocycles. The number of benzene rings is 2. The number of carbonyl (C=O) groups excluding carboxylic acids is 2. The lowest BCUT2D eigenvalue weighted by molar-refractivity contribution is -0.132. The first-order valence-corrected chi connectivity index (χ1v) is 8.38. The topological polar surface area (TPSA) is 65.1 Å². The minimum atomic E-state index is -0.546. The van der Waals surface area contributed by atoms with Crippen molar-refractivity contribution >= 4 is 11.9 Å². The van der Waals surface area contributed by atoms with Crippen LogP contribution in [0.4, 0.5) is 0 Å². The zero-order chi connectivity index (χ0) is 18.5. The molecule has 0 N–H and O–H groups in total. The first-order valence-electron chi connectivity index (χ1n) is 8.38. The number of esters is 1. The van der Waals surface area contributed by atoms with E-state index in [0.29, 0.717) is 36.6 Å². The molecule has 6 heteroatoms. The van der Waals surface area contributed by atoms with E-state index in [4.69, 9.17) is 14.2 Å². The van der Waals surface area contributed by atoms with E-state index in [0.717, 1.165) is 5.56 Å². The maximum absolute atomic E-state index is 12.1. The van der Waals surface area contributed by atoms with Gasteiger partial charge < -0.3 is 19.1 Å². The van der Waals surface area contributed by atoms with Crippen LogP contribution in [0.1, 0.15) is 22.3 Å². The van der Waals surface area contributed by atoms with E-state index >= 15 is 0 Å². The Morgan fingerprint density at radius 1 is 1.15 bits per heavy atom. The molecular formula is C20H21NO5. The minimum absolute atomic E-state index is 0.0692. The molecule has 2 aromatic rings. The molecule has 3 rings (SSSR count). The van der Waals surface area contributed by atoms with Gasteiger partial charge in [-0.15, -0.1) is 0 Å². The Morgan fingerprint density at radius 3 is 2.54 bits per heavy atom. The molecule has 1 aliphatic rings. The second kappa shape index (κ2) is 7.91. The summed E-state index contributed by atoms with van der Waals surface area (Å²) in [5.41, 5.74) is 1.32. The van der Waals surface area contributed by atoms with Crippen LogP contribution in [0.15, 0.2) is 48.5 Å². The Kier molecular flexibility index (Phi) is 5.41. The highest BCUT2D eigenvalue weighted by Crippen LogP contribution is 2.27. The lowest BCUT2D eigenvalue weighted by Crippen LogP contribution is -2.29. The second-order valence-electron chi connectivity index (χ2n) is 6.11. The van der Waals surface area contributed by atoms with Crippen molar-refractivity contribution < 1.29 is 23.8 Å². The van der Waals surface area contributed by atoms with E-state index < -0.39 is 12.1 Å². The summed E-state index contributed by atoms with van der Waals surface area (Å²) in [7, 11) is 3.06. The SMILES string of the molecule is COC(=O)c1cc(OCc2ccccc2)cc(O[C@@H]2CCN(C)C2=O)c1. The van der Waals surface area contributed by atoms with E-state index in [9.17, 15) is 9.59 Å².